The third-order valence-electron chi connectivity index (χ3n) is 3.38. The maximum Gasteiger partial charge on any atom is 0.0320 e. The normalized spacial score (nSPS) is 23.6. The van der Waals surface area contributed by atoms with Crippen molar-refractivity contribution >= 4 is 0 Å². The lowest BCUT2D eigenvalue weighted by Gasteiger charge is -2.32. The first kappa shape index (κ1) is 13.9. The van der Waals surface area contributed by atoms with Crippen molar-refractivity contribution in [3.8, 4) is 0 Å². The predicted molar refractivity (Wildman–Crippen MR) is 70.8 cm³/mol. The maximum absolute atomic E-state index is 3.61. The van der Waals surface area contributed by atoms with Gasteiger partial charge in [0.1, 0.15) is 0 Å². The molecule has 0 spiro atoms. The molecule has 0 bridgehead atoms. The molecule has 1 unspecified atom stereocenters. The van der Waals surface area contributed by atoms with Crippen molar-refractivity contribution in [2.24, 2.45) is 5.41 Å². The molecule has 1 aliphatic heterocycles. The summed E-state index contributed by atoms with van der Waals surface area (Å²) in [6, 6.07) is 0.621. The van der Waals surface area contributed by atoms with E-state index in [1.165, 1.54) is 25.9 Å². The molecule has 1 fully saturated rings. The van der Waals surface area contributed by atoms with Crippen LogP contribution in [0.1, 0.15) is 33.6 Å². The molecule has 0 aromatic carbocycles. The zero-order valence-corrected chi connectivity index (χ0v) is 11.5. The van der Waals surface area contributed by atoms with Crippen LogP contribution < -0.4 is 10.6 Å². The Morgan fingerprint density at radius 1 is 1.44 bits per heavy atom. The van der Waals surface area contributed by atoms with Crippen LogP contribution in [0.5, 0.6) is 0 Å². The molecule has 2 N–H and O–H groups in total. The molecule has 1 saturated heterocycles. The highest BCUT2D eigenvalue weighted by atomic mass is 15.2. The van der Waals surface area contributed by atoms with E-state index in [4.69, 9.17) is 0 Å². The number of nitrogens with zero attached hydrogens (tertiary/aromatic N) is 1. The van der Waals surface area contributed by atoms with Gasteiger partial charge in [-0.05, 0) is 18.9 Å². The van der Waals surface area contributed by atoms with Crippen molar-refractivity contribution in [2.45, 2.75) is 39.7 Å². The first-order chi connectivity index (χ1) is 7.53. The first-order valence-electron chi connectivity index (χ1n) is 6.66. The van der Waals surface area contributed by atoms with Gasteiger partial charge in [-0.25, -0.2) is 0 Å². The quantitative estimate of drug-likeness (QED) is 0.716. The molecule has 0 aliphatic carbocycles. The summed E-state index contributed by atoms with van der Waals surface area (Å²) in [5.74, 6) is 0. The summed E-state index contributed by atoms with van der Waals surface area (Å²) in [4.78, 5) is 2.40. The minimum Gasteiger partial charge on any atom is -0.315 e. The monoisotopic (exact) mass is 227 g/mol. The molecule has 0 radical (unpaired) electrons. The number of nitrogens with one attached hydrogen (secondary N) is 2. The summed E-state index contributed by atoms with van der Waals surface area (Å²) >= 11 is 0. The fraction of sp³-hybridized carbons (Fsp3) is 1.00. The summed E-state index contributed by atoms with van der Waals surface area (Å²) < 4.78 is 0. The molecule has 0 aromatic rings. The highest BCUT2D eigenvalue weighted by Gasteiger charge is 2.19. The van der Waals surface area contributed by atoms with Crippen molar-refractivity contribution in [3.63, 3.8) is 0 Å². The van der Waals surface area contributed by atoms with Crippen LogP contribution in [0.4, 0.5) is 0 Å². The molecule has 3 heteroatoms. The molecular weight excluding hydrogens is 198 g/mol. The zero-order chi connectivity index (χ0) is 12.0. The lowest BCUT2D eigenvalue weighted by Crippen LogP contribution is -2.53. The van der Waals surface area contributed by atoms with Crippen LogP contribution in [-0.4, -0.2) is 50.7 Å². The fourth-order valence-corrected chi connectivity index (χ4v) is 2.48. The van der Waals surface area contributed by atoms with Crippen LogP contribution in [0.2, 0.25) is 0 Å². The summed E-state index contributed by atoms with van der Waals surface area (Å²) in [5, 5.41) is 7.18. The van der Waals surface area contributed by atoms with E-state index in [0.29, 0.717) is 11.5 Å². The first-order valence-corrected chi connectivity index (χ1v) is 6.66. The molecule has 96 valence electrons. The van der Waals surface area contributed by atoms with Gasteiger partial charge in [-0.2, -0.15) is 0 Å². The minimum atomic E-state index is 0.440. The molecular formula is C13H29N3. The van der Waals surface area contributed by atoms with Crippen LogP contribution in [-0.2, 0) is 0 Å². The molecule has 0 amide bonds. The van der Waals surface area contributed by atoms with Gasteiger partial charge in [-0.1, -0.05) is 27.2 Å². The van der Waals surface area contributed by atoms with Crippen LogP contribution in [0.3, 0.4) is 0 Å². The molecule has 1 heterocycles. The van der Waals surface area contributed by atoms with Crippen molar-refractivity contribution in [1.82, 2.24) is 15.5 Å². The van der Waals surface area contributed by atoms with Crippen molar-refractivity contribution < 1.29 is 0 Å². The average Bonchev–Trinajstić information content (AvgIpc) is 2.17. The fourth-order valence-electron chi connectivity index (χ4n) is 2.48. The van der Waals surface area contributed by atoms with Crippen LogP contribution in [0.15, 0.2) is 0 Å². The van der Waals surface area contributed by atoms with Crippen molar-refractivity contribution in [1.29, 1.82) is 0 Å². The summed E-state index contributed by atoms with van der Waals surface area (Å²) in [6.07, 6.45) is 2.58. The molecule has 16 heavy (non-hydrogen) atoms. The molecule has 3 nitrogen and oxygen atoms in total. The Balaban J connectivity index is 2.14. The highest BCUT2D eigenvalue weighted by Crippen LogP contribution is 2.20. The van der Waals surface area contributed by atoms with Crippen LogP contribution >= 0.6 is 0 Å². The van der Waals surface area contributed by atoms with Gasteiger partial charge in [0.15, 0.2) is 0 Å². The van der Waals surface area contributed by atoms with Gasteiger partial charge in [0.25, 0.3) is 0 Å². The van der Waals surface area contributed by atoms with E-state index in [9.17, 15) is 0 Å². The van der Waals surface area contributed by atoms with E-state index in [-0.39, 0.29) is 0 Å². The smallest absolute Gasteiger partial charge is 0.0320 e. The summed E-state index contributed by atoms with van der Waals surface area (Å²) in [7, 11) is 2.20. The van der Waals surface area contributed by atoms with E-state index < -0.39 is 0 Å². The minimum absolute atomic E-state index is 0.440. The lowest BCUT2D eigenvalue weighted by atomic mass is 9.88. The number of likely N-dealkylation sites (N-methyl/N-ethyl adjacent to an activating group) is 1. The average molecular weight is 227 g/mol. The molecule has 1 aliphatic rings. The Morgan fingerprint density at radius 3 is 2.81 bits per heavy atom. The Kier molecular flexibility index (Phi) is 5.73. The van der Waals surface area contributed by atoms with E-state index in [1.807, 2.05) is 0 Å². The van der Waals surface area contributed by atoms with Gasteiger partial charge in [-0.3, -0.25) is 0 Å². The zero-order valence-electron chi connectivity index (χ0n) is 11.5. The van der Waals surface area contributed by atoms with E-state index >= 15 is 0 Å². The van der Waals surface area contributed by atoms with Gasteiger partial charge < -0.3 is 15.5 Å². The SMILES string of the molecule is CCCC(C)(C)CNCC1CN(C)CCN1. The third-order valence-corrected chi connectivity index (χ3v) is 3.38. The van der Waals surface area contributed by atoms with Gasteiger partial charge in [0, 0.05) is 38.8 Å². The van der Waals surface area contributed by atoms with Crippen molar-refractivity contribution in [2.75, 3.05) is 39.8 Å². The Bertz CT molecular complexity index is 192. The van der Waals surface area contributed by atoms with Crippen LogP contribution in [0.25, 0.3) is 0 Å². The second-order valence-corrected chi connectivity index (χ2v) is 5.96. The van der Waals surface area contributed by atoms with Crippen molar-refractivity contribution in [3.05, 3.63) is 0 Å². The maximum atomic E-state index is 3.61. The van der Waals surface area contributed by atoms with Crippen LogP contribution in [0, 0.1) is 5.41 Å². The van der Waals surface area contributed by atoms with E-state index in [2.05, 4.69) is 43.4 Å². The lowest BCUT2D eigenvalue weighted by molar-refractivity contribution is 0.226. The Hall–Kier alpha value is -0.120. The largest absolute Gasteiger partial charge is 0.315 e. The second kappa shape index (κ2) is 6.58. The molecule has 0 aromatic heterocycles. The Morgan fingerprint density at radius 2 is 2.19 bits per heavy atom. The highest BCUT2D eigenvalue weighted by molar-refractivity contribution is 4.80. The van der Waals surface area contributed by atoms with E-state index in [1.54, 1.807) is 0 Å². The van der Waals surface area contributed by atoms with Gasteiger partial charge >= 0.3 is 0 Å². The number of piperazine rings is 1. The van der Waals surface area contributed by atoms with Gasteiger partial charge in [0.2, 0.25) is 0 Å². The predicted octanol–water partition coefficient (Wildman–Crippen LogP) is 1.31. The number of hydrogen-bond donors (Lipinski definition) is 2. The second-order valence-electron chi connectivity index (χ2n) is 5.96. The van der Waals surface area contributed by atoms with Gasteiger partial charge in [-0.15, -0.1) is 0 Å². The molecule has 1 rings (SSSR count). The van der Waals surface area contributed by atoms with Gasteiger partial charge in [0.05, 0.1) is 0 Å². The van der Waals surface area contributed by atoms with E-state index in [0.717, 1.165) is 19.6 Å². The molecule has 0 saturated carbocycles. The standard InChI is InChI=1S/C13H29N3/c1-5-6-13(2,3)11-14-9-12-10-16(4)8-7-15-12/h12,14-15H,5-11H2,1-4H3. The Labute approximate surface area is 101 Å². The third kappa shape index (κ3) is 5.28. The molecule has 1 atom stereocenters. The number of rotatable bonds is 6. The topological polar surface area (TPSA) is 27.3 Å². The number of hydrogen-bond acceptors (Lipinski definition) is 3. The summed E-state index contributed by atoms with van der Waals surface area (Å²) in [5.41, 5.74) is 0.440. The summed E-state index contributed by atoms with van der Waals surface area (Å²) in [6.45, 7) is 12.7.